The lowest BCUT2D eigenvalue weighted by molar-refractivity contribution is 0.722. The van der Waals surface area contributed by atoms with Gasteiger partial charge >= 0.3 is 0 Å². The topological polar surface area (TPSA) is 51.6 Å². The van der Waals surface area contributed by atoms with Crippen molar-refractivity contribution in [3.63, 3.8) is 0 Å². The van der Waals surface area contributed by atoms with Gasteiger partial charge in [0.2, 0.25) is 0 Å². The van der Waals surface area contributed by atoms with E-state index in [1.807, 2.05) is 60.4 Å². The molecule has 3 heterocycles. The molecule has 0 unspecified atom stereocenters. The van der Waals surface area contributed by atoms with Crippen LogP contribution in [0.1, 0.15) is 22.3 Å². The molecule has 1 spiro atoms. The molecule has 0 fully saturated rings. The standard InChI is InChI=1S/C55H34N4S/c1-3-13-38(14-4-1)52-57-53(39-15-5-2-6-16-39)59-54(58-52)41-29-31-44-43-30-28-40(35-24-26-36(27-25-35)42-19-11-17-37-18-12-32-56-51(37)42)33-47(43)55(48(44)34-41)45-20-7-9-22-49(45)60-50-23-10-8-21-46(50)55/h1-34H. The van der Waals surface area contributed by atoms with E-state index in [2.05, 4.69) is 158 Å². The predicted octanol–water partition coefficient (Wildman–Crippen LogP) is 13.6. The number of hydrogen-bond donors (Lipinski definition) is 0. The number of hydrogen-bond acceptors (Lipinski definition) is 5. The molecule has 280 valence electrons. The van der Waals surface area contributed by atoms with E-state index in [0.717, 1.165) is 38.7 Å². The Kier molecular flexibility index (Phi) is 7.97. The molecular weight excluding hydrogens is 749 g/mol. The lowest BCUT2D eigenvalue weighted by Crippen LogP contribution is -2.32. The molecule has 5 heteroatoms. The van der Waals surface area contributed by atoms with Gasteiger partial charge in [0.1, 0.15) is 0 Å². The normalized spacial score (nSPS) is 13.1. The zero-order valence-corrected chi connectivity index (χ0v) is 33.1. The molecular formula is C55H34N4S. The lowest BCUT2D eigenvalue weighted by Gasteiger charge is -2.39. The van der Waals surface area contributed by atoms with Crippen molar-refractivity contribution in [3.8, 4) is 67.5 Å². The maximum absolute atomic E-state index is 5.17. The lowest BCUT2D eigenvalue weighted by atomic mass is 9.67. The van der Waals surface area contributed by atoms with Gasteiger partial charge in [0.25, 0.3) is 0 Å². The first-order valence-corrected chi connectivity index (χ1v) is 21.0. The highest BCUT2D eigenvalue weighted by Gasteiger charge is 2.50. The summed E-state index contributed by atoms with van der Waals surface area (Å²) in [6.07, 6.45) is 1.87. The number of para-hydroxylation sites is 1. The molecule has 1 aliphatic heterocycles. The highest BCUT2D eigenvalue weighted by molar-refractivity contribution is 7.99. The molecule has 0 bridgehead atoms. The van der Waals surface area contributed by atoms with Gasteiger partial charge in [-0.25, -0.2) is 15.0 Å². The summed E-state index contributed by atoms with van der Waals surface area (Å²) in [4.78, 5) is 22.6. The molecule has 4 nitrogen and oxygen atoms in total. The van der Waals surface area contributed by atoms with Crippen molar-refractivity contribution in [2.24, 2.45) is 0 Å². The fourth-order valence-electron chi connectivity index (χ4n) is 9.33. The summed E-state index contributed by atoms with van der Waals surface area (Å²) in [5, 5.41) is 1.14. The molecule has 1 aliphatic carbocycles. The number of rotatable bonds is 5. The zero-order chi connectivity index (χ0) is 39.6. The van der Waals surface area contributed by atoms with Crippen molar-refractivity contribution in [2.75, 3.05) is 0 Å². The molecule has 0 amide bonds. The van der Waals surface area contributed by atoms with Crippen molar-refractivity contribution in [2.45, 2.75) is 15.2 Å². The number of pyridine rings is 1. The fraction of sp³-hybridized carbons (Fsp3) is 0.0182. The molecule has 60 heavy (non-hydrogen) atoms. The van der Waals surface area contributed by atoms with Crippen LogP contribution in [-0.4, -0.2) is 19.9 Å². The molecule has 2 aliphatic rings. The monoisotopic (exact) mass is 782 g/mol. The molecule has 0 radical (unpaired) electrons. The molecule has 0 saturated heterocycles. The molecule has 2 aromatic heterocycles. The third kappa shape index (κ3) is 5.40. The highest BCUT2D eigenvalue weighted by Crippen LogP contribution is 2.63. The smallest absolute Gasteiger partial charge is 0.164 e. The Morgan fingerprint density at radius 2 is 0.833 bits per heavy atom. The van der Waals surface area contributed by atoms with Crippen LogP contribution in [-0.2, 0) is 5.41 Å². The summed E-state index contributed by atoms with van der Waals surface area (Å²) in [7, 11) is 0. The third-order valence-electron chi connectivity index (χ3n) is 12.1. The number of nitrogens with zero attached hydrogens (tertiary/aromatic N) is 4. The molecule has 0 atom stereocenters. The minimum atomic E-state index is -0.582. The van der Waals surface area contributed by atoms with Gasteiger partial charge in [0, 0.05) is 43.6 Å². The second kappa shape index (κ2) is 13.8. The van der Waals surface area contributed by atoms with E-state index < -0.39 is 5.41 Å². The van der Waals surface area contributed by atoms with E-state index in [4.69, 9.17) is 19.9 Å². The summed E-state index contributed by atoms with van der Waals surface area (Å²) in [5.41, 5.74) is 15.4. The highest BCUT2D eigenvalue weighted by atomic mass is 32.2. The van der Waals surface area contributed by atoms with E-state index in [1.54, 1.807) is 0 Å². The average molecular weight is 783 g/mol. The first-order valence-electron chi connectivity index (χ1n) is 20.2. The van der Waals surface area contributed by atoms with E-state index in [-0.39, 0.29) is 0 Å². The van der Waals surface area contributed by atoms with Gasteiger partial charge in [-0.3, -0.25) is 4.98 Å². The van der Waals surface area contributed by atoms with Crippen LogP contribution in [0.25, 0.3) is 78.4 Å². The summed E-state index contributed by atoms with van der Waals surface area (Å²) in [5.74, 6) is 1.94. The van der Waals surface area contributed by atoms with Gasteiger partial charge in [0.15, 0.2) is 17.5 Å². The van der Waals surface area contributed by atoms with Gasteiger partial charge < -0.3 is 0 Å². The van der Waals surface area contributed by atoms with E-state index in [0.29, 0.717) is 17.5 Å². The van der Waals surface area contributed by atoms with Crippen LogP contribution >= 0.6 is 11.8 Å². The van der Waals surface area contributed by atoms with E-state index in [1.165, 1.54) is 54.3 Å². The Bertz CT molecular complexity index is 3180. The molecule has 10 aromatic rings. The van der Waals surface area contributed by atoms with Crippen molar-refractivity contribution < 1.29 is 0 Å². The summed E-state index contributed by atoms with van der Waals surface area (Å²) in [6.45, 7) is 0. The molecule has 12 rings (SSSR count). The van der Waals surface area contributed by atoms with E-state index in [9.17, 15) is 0 Å². The van der Waals surface area contributed by atoms with Gasteiger partial charge in [0.05, 0.1) is 10.9 Å². The summed E-state index contributed by atoms with van der Waals surface area (Å²) < 4.78 is 0. The van der Waals surface area contributed by atoms with Crippen LogP contribution < -0.4 is 0 Å². The maximum Gasteiger partial charge on any atom is 0.164 e. The number of benzene rings is 8. The quantitative estimate of drug-likeness (QED) is 0.174. The Balaban J connectivity index is 1.06. The van der Waals surface area contributed by atoms with Gasteiger partial charge in [-0.2, -0.15) is 0 Å². The van der Waals surface area contributed by atoms with Crippen molar-refractivity contribution in [1.29, 1.82) is 0 Å². The molecule has 8 aromatic carbocycles. The molecule has 0 N–H and O–H groups in total. The number of aromatic nitrogens is 4. The maximum atomic E-state index is 5.17. The number of fused-ring (bicyclic) bond motifs is 10. The minimum Gasteiger partial charge on any atom is -0.256 e. The molecule has 0 saturated carbocycles. The van der Waals surface area contributed by atoms with Crippen LogP contribution in [0.5, 0.6) is 0 Å². The van der Waals surface area contributed by atoms with Crippen LogP contribution in [0.4, 0.5) is 0 Å². The second-order valence-corrected chi connectivity index (χ2v) is 16.4. The van der Waals surface area contributed by atoms with Crippen LogP contribution in [0.2, 0.25) is 0 Å². The van der Waals surface area contributed by atoms with Crippen molar-refractivity contribution in [1.82, 2.24) is 19.9 Å². The summed E-state index contributed by atoms with van der Waals surface area (Å²) in [6, 6.07) is 71.6. The Morgan fingerprint density at radius 1 is 0.333 bits per heavy atom. The Hall–Kier alpha value is -7.47. The van der Waals surface area contributed by atoms with Crippen LogP contribution in [0.3, 0.4) is 0 Å². The SMILES string of the molecule is c1ccc(-c2nc(-c3ccccc3)nc(-c3ccc4c(c3)C3(c5ccccc5Sc5ccccc53)c3cc(-c5ccc(-c6cccc7cccnc67)cc5)ccc3-4)n2)cc1. The minimum absolute atomic E-state index is 0.582. The van der Waals surface area contributed by atoms with Crippen LogP contribution in [0, 0.1) is 0 Å². The van der Waals surface area contributed by atoms with Crippen LogP contribution in [0.15, 0.2) is 216 Å². The first kappa shape index (κ1) is 34.6. The first-order chi connectivity index (χ1) is 29.7. The Labute approximate surface area is 352 Å². The van der Waals surface area contributed by atoms with Gasteiger partial charge in [-0.1, -0.05) is 182 Å². The second-order valence-electron chi connectivity index (χ2n) is 15.4. The predicted molar refractivity (Wildman–Crippen MR) is 244 cm³/mol. The summed E-state index contributed by atoms with van der Waals surface area (Å²) >= 11 is 1.86. The zero-order valence-electron chi connectivity index (χ0n) is 32.3. The average Bonchev–Trinajstić information content (AvgIpc) is 3.61. The largest absolute Gasteiger partial charge is 0.256 e. The Morgan fingerprint density at radius 3 is 1.47 bits per heavy atom. The van der Waals surface area contributed by atoms with Gasteiger partial charge in [-0.15, -0.1) is 0 Å². The fourth-order valence-corrected chi connectivity index (χ4v) is 10.5. The van der Waals surface area contributed by atoms with Gasteiger partial charge in [-0.05, 0) is 80.4 Å². The van der Waals surface area contributed by atoms with Crippen molar-refractivity contribution in [3.05, 3.63) is 229 Å². The third-order valence-corrected chi connectivity index (χ3v) is 13.2. The van der Waals surface area contributed by atoms with Crippen molar-refractivity contribution >= 4 is 22.7 Å². The van der Waals surface area contributed by atoms with E-state index >= 15 is 0 Å².